The van der Waals surface area contributed by atoms with Crippen LogP contribution in [0, 0.1) is 12.8 Å². The standard InChI is InChI=1S/C48H55N3O7S/c1-33-15-25-42(26-16-33)59(54,55)50-44(28-35-10-5-4-6-11-35)47(53)49-29-40-12-7-8-14-43(40)37-21-23-39(24-22-37)48-57-45(30-51-27-9-13-41(51)32-56-3)34(2)46(58-48)38-19-17-36(31-52)18-20-38/h4-8,10-12,14-26,34,41,44-46,48,50,52H,9,13,27-32H2,1-3H3,(H,49,53)/t34-,41+,44-,45+,46+,48+/m1/s1. The van der Waals surface area contributed by atoms with Crippen molar-refractivity contribution in [2.75, 3.05) is 26.8 Å². The number of amides is 1. The van der Waals surface area contributed by atoms with Crippen LogP contribution in [0.5, 0.6) is 0 Å². The molecule has 0 unspecified atom stereocenters. The number of aliphatic hydroxyl groups is 1. The Kier molecular flexibility index (Phi) is 14.1. The molecule has 0 aliphatic carbocycles. The van der Waals surface area contributed by atoms with Crippen molar-refractivity contribution < 1.29 is 32.5 Å². The van der Waals surface area contributed by atoms with Gasteiger partial charge in [0.1, 0.15) is 6.04 Å². The van der Waals surface area contributed by atoms with Gasteiger partial charge in [-0.05, 0) is 78.2 Å². The summed E-state index contributed by atoms with van der Waals surface area (Å²) in [5.41, 5.74) is 7.35. The average molecular weight is 818 g/mol. The fourth-order valence-corrected chi connectivity index (χ4v) is 9.36. The number of rotatable bonds is 16. The largest absolute Gasteiger partial charge is 0.392 e. The van der Waals surface area contributed by atoms with Gasteiger partial charge in [-0.25, -0.2) is 8.42 Å². The molecule has 1 amide bonds. The van der Waals surface area contributed by atoms with E-state index in [0.29, 0.717) is 12.6 Å². The van der Waals surface area contributed by atoms with Crippen LogP contribution in [0.2, 0.25) is 0 Å². The molecule has 10 nitrogen and oxygen atoms in total. The first-order valence-corrected chi connectivity index (χ1v) is 21.9. The van der Waals surface area contributed by atoms with E-state index in [1.54, 1.807) is 31.4 Å². The lowest BCUT2D eigenvalue weighted by Crippen LogP contribution is -2.47. The monoisotopic (exact) mass is 817 g/mol. The molecular formula is C48H55N3O7S. The van der Waals surface area contributed by atoms with Crippen LogP contribution in [0.4, 0.5) is 0 Å². The van der Waals surface area contributed by atoms with Gasteiger partial charge in [-0.2, -0.15) is 4.72 Å². The van der Waals surface area contributed by atoms with Gasteiger partial charge in [-0.3, -0.25) is 9.69 Å². The van der Waals surface area contributed by atoms with Gasteiger partial charge in [0.15, 0.2) is 6.29 Å². The zero-order chi connectivity index (χ0) is 41.4. The molecule has 0 saturated carbocycles. The van der Waals surface area contributed by atoms with Crippen LogP contribution in [0.15, 0.2) is 132 Å². The minimum absolute atomic E-state index is 0.0156. The molecule has 7 rings (SSSR count). The van der Waals surface area contributed by atoms with E-state index < -0.39 is 28.3 Å². The third-order valence-corrected chi connectivity index (χ3v) is 13.1. The van der Waals surface area contributed by atoms with Gasteiger partial charge in [0.05, 0.1) is 30.3 Å². The number of methoxy groups -OCH3 is 1. The number of nitrogens with zero attached hydrogens (tertiary/aromatic N) is 1. The van der Waals surface area contributed by atoms with Crippen molar-refractivity contribution in [2.24, 2.45) is 5.92 Å². The summed E-state index contributed by atoms with van der Waals surface area (Å²) < 4.78 is 48.7. The molecule has 6 atom stereocenters. The number of ether oxygens (including phenoxy) is 3. The van der Waals surface area contributed by atoms with Crippen molar-refractivity contribution in [1.82, 2.24) is 14.9 Å². The zero-order valence-electron chi connectivity index (χ0n) is 34.0. The van der Waals surface area contributed by atoms with Crippen molar-refractivity contribution in [2.45, 2.75) is 81.7 Å². The molecule has 5 aromatic rings. The minimum Gasteiger partial charge on any atom is -0.392 e. The molecule has 2 aliphatic rings. The van der Waals surface area contributed by atoms with E-state index in [-0.39, 0.29) is 42.6 Å². The third kappa shape index (κ3) is 10.5. The Morgan fingerprint density at radius 1 is 0.864 bits per heavy atom. The van der Waals surface area contributed by atoms with Gasteiger partial charge >= 0.3 is 0 Å². The van der Waals surface area contributed by atoms with Crippen LogP contribution in [0.3, 0.4) is 0 Å². The Balaban J connectivity index is 1.08. The normalized spacial score (nSPS) is 21.6. The topological polar surface area (TPSA) is 126 Å². The maximum atomic E-state index is 13.8. The van der Waals surface area contributed by atoms with E-state index in [2.05, 4.69) is 21.9 Å². The summed E-state index contributed by atoms with van der Waals surface area (Å²) in [6.07, 6.45) is 1.52. The Labute approximate surface area is 348 Å². The molecular weight excluding hydrogens is 763 g/mol. The number of benzene rings is 5. The number of sulfonamides is 1. The van der Waals surface area contributed by atoms with Gasteiger partial charge in [0, 0.05) is 37.7 Å². The average Bonchev–Trinajstić information content (AvgIpc) is 3.70. The van der Waals surface area contributed by atoms with Gasteiger partial charge in [0.25, 0.3) is 0 Å². The molecule has 0 radical (unpaired) electrons. The molecule has 310 valence electrons. The number of aryl methyl sites for hydroxylation is 1. The molecule has 5 aromatic carbocycles. The first-order valence-electron chi connectivity index (χ1n) is 20.4. The highest BCUT2D eigenvalue weighted by Crippen LogP contribution is 2.42. The lowest BCUT2D eigenvalue weighted by Gasteiger charge is -2.43. The molecule has 2 heterocycles. The second-order valence-corrected chi connectivity index (χ2v) is 17.5. The van der Waals surface area contributed by atoms with Crippen LogP contribution in [0.25, 0.3) is 11.1 Å². The molecule has 3 N–H and O–H groups in total. The highest BCUT2D eigenvalue weighted by Gasteiger charge is 2.40. The van der Waals surface area contributed by atoms with Crippen LogP contribution < -0.4 is 10.0 Å². The highest BCUT2D eigenvalue weighted by atomic mass is 32.2. The van der Waals surface area contributed by atoms with Crippen molar-refractivity contribution in [3.8, 4) is 11.1 Å². The third-order valence-electron chi connectivity index (χ3n) is 11.6. The minimum atomic E-state index is -3.98. The number of carbonyl (C=O) groups excluding carboxylic acids is 1. The van der Waals surface area contributed by atoms with Crippen molar-refractivity contribution in [3.63, 3.8) is 0 Å². The summed E-state index contributed by atoms with van der Waals surface area (Å²) in [7, 11) is -2.22. The van der Waals surface area contributed by atoms with Crippen molar-refractivity contribution >= 4 is 15.9 Å². The van der Waals surface area contributed by atoms with Gasteiger partial charge in [0.2, 0.25) is 15.9 Å². The van der Waals surface area contributed by atoms with E-state index in [0.717, 1.165) is 70.4 Å². The molecule has 2 saturated heterocycles. The lowest BCUT2D eigenvalue weighted by atomic mass is 9.89. The van der Waals surface area contributed by atoms with E-state index in [1.165, 1.54) is 0 Å². The van der Waals surface area contributed by atoms with Crippen molar-refractivity contribution in [1.29, 1.82) is 0 Å². The van der Waals surface area contributed by atoms with Gasteiger partial charge in [-0.1, -0.05) is 128 Å². The van der Waals surface area contributed by atoms with Crippen molar-refractivity contribution in [3.05, 3.63) is 161 Å². The lowest BCUT2D eigenvalue weighted by molar-refractivity contribution is -0.276. The number of hydrogen-bond donors (Lipinski definition) is 3. The summed E-state index contributed by atoms with van der Waals surface area (Å²) in [6.45, 7) is 6.74. The molecule has 59 heavy (non-hydrogen) atoms. The maximum absolute atomic E-state index is 13.8. The summed E-state index contributed by atoms with van der Waals surface area (Å²) in [4.78, 5) is 16.4. The molecule has 11 heteroatoms. The summed E-state index contributed by atoms with van der Waals surface area (Å²) in [5, 5.41) is 12.7. The van der Waals surface area contributed by atoms with E-state index >= 15 is 0 Å². The van der Waals surface area contributed by atoms with Crippen LogP contribution in [0.1, 0.15) is 65.5 Å². The predicted octanol–water partition coefficient (Wildman–Crippen LogP) is 7.26. The van der Waals surface area contributed by atoms with Gasteiger partial charge < -0.3 is 24.6 Å². The maximum Gasteiger partial charge on any atom is 0.241 e. The van der Waals surface area contributed by atoms with E-state index in [9.17, 15) is 18.3 Å². The summed E-state index contributed by atoms with van der Waals surface area (Å²) >= 11 is 0. The molecule has 0 aromatic heterocycles. The Morgan fingerprint density at radius 2 is 1.56 bits per heavy atom. The van der Waals surface area contributed by atoms with E-state index in [4.69, 9.17) is 14.2 Å². The molecule has 2 fully saturated rings. The Bertz CT molecular complexity index is 2240. The molecule has 2 aliphatic heterocycles. The number of carbonyl (C=O) groups is 1. The van der Waals surface area contributed by atoms with E-state index in [1.807, 2.05) is 110 Å². The fourth-order valence-electron chi connectivity index (χ4n) is 8.17. The number of aliphatic hydroxyl groups excluding tert-OH is 1. The molecule has 0 bridgehead atoms. The zero-order valence-corrected chi connectivity index (χ0v) is 34.8. The quantitative estimate of drug-likeness (QED) is 0.0951. The summed E-state index contributed by atoms with van der Waals surface area (Å²) in [5.74, 6) is -0.352. The SMILES string of the molecule is COC[C@@H]1CCCN1C[C@@H]1O[C@H](c2ccc(-c3ccccc3CNC(=O)[C@@H](Cc3ccccc3)NS(=O)(=O)c3ccc(C)cc3)cc2)O[C@H](c2ccc(CO)cc2)[C@@H]1C. The van der Waals surface area contributed by atoms with Crippen LogP contribution in [-0.4, -0.2) is 69.3 Å². The Hall–Kier alpha value is -4.72. The number of nitrogens with one attached hydrogen (secondary N) is 2. The smallest absolute Gasteiger partial charge is 0.241 e. The predicted molar refractivity (Wildman–Crippen MR) is 229 cm³/mol. The number of hydrogen-bond acceptors (Lipinski definition) is 8. The highest BCUT2D eigenvalue weighted by molar-refractivity contribution is 7.89. The first-order chi connectivity index (χ1) is 28.6. The summed E-state index contributed by atoms with van der Waals surface area (Å²) in [6, 6.07) is 39.3. The molecule has 0 spiro atoms. The number of likely N-dealkylation sites (tertiary alicyclic amines) is 1. The Morgan fingerprint density at radius 3 is 2.27 bits per heavy atom. The second-order valence-electron chi connectivity index (χ2n) is 15.7. The van der Waals surface area contributed by atoms with Gasteiger partial charge in [-0.15, -0.1) is 0 Å². The fraction of sp³-hybridized carbons (Fsp3) is 0.354. The van der Waals surface area contributed by atoms with Crippen LogP contribution >= 0.6 is 0 Å². The van der Waals surface area contributed by atoms with Crippen LogP contribution in [-0.2, 0) is 48.6 Å². The first kappa shape index (κ1) is 42.4. The second kappa shape index (κ2) is 19.6.